The Balaban J connectivity index is 1.48. The molecule has 16 heteroatoms. The van der Waals surface area contributed by atoms with E-state index >= 15 is 0 Å². The van der Waals surface area contributed by atoms with E-state index in [1.165, 1.54) is 30.3 Å². The number of phenolic OH excluding ortho intramolecular Hbond substituents is 2. The molecule has 0 aliphatic carbocycles. The van der Waals surface area contributed by atoms with Gasteiger partial charge in [-0.25, -0.2) is 4.79 Å². The molecule has 1 fully saturated rings. The van der Waals surface area contributed by atoms with E-state index in [1.807, 2.05) is 60.7 Å². The smallest absolute Gasteiger partial charge is 0.339 e. The Kier molecular flexibility index (Phi) is 12.5. The first-order chi connectivity index (χ1) is 27.8. The Morgan fingerprint density at radius 3 is 1.86 bits per heavy atom. The molecule has 0 amide bonds. The molecular weight excluding hydrogens is 760 g/mol. The van der Waals surface area contributed by atoms with Gasteiger partial charge in [-0.05, 0) is 29.3 Å². The molecule has 4 aromatic carbocycles. The summed E-state index contributed by atoms with van der Waals surface area (Å²) >= 11 is 0. The molecule has 0 spiro atoms. The normalized spacial score (nSPS) is 18.7. The summed E-state index contributed by atoms with van der Waals surface area (Å²) in [5, 5.41) is 21.9. The number of carbonyl (C=O) groups is 4. The minimum Gasteiger partial charge on any atom is -0.507 e. The van der Waals surface area contributed by atoms with Gasteiger partial charge in [0.05, 0.1) is 7.11 Å². The van der Waals surface area contributed by atoms with Crippen molar-refractivity contribution in [1.82, 2.24) is 0 Å². The summed E-state index contributed by atoms with van der Waals surface area (Å²) in [7, 11) is 1.02. The summed E-state index contributed by atoms with van der Waals surface area (Å²) in [5.74, 6) is -5.63. The zero-order chi connectivity index (χ0) is 41.5. The van der Waals surface area contributed by atoms with Crippen molar-refractivity contribution >= 4 is 34.8 Å². The van der Waals surface area contributed by atoms with Crippen molar-refractivity contribution in [2.24, 2.45) is 0 Å². The summed E-state index contributed by atoms with van der Waals surface area (Å²) in [4.78, 5) is 64.6. The molecule has 2 N–H and O–H groups in total. The second-order valence-electron chi connectivity index (χ2n) is 12.9. The third-order valence-corrected chi connectivity index (χ3v) is 8.68. The number of rotatable bonds is 13. The maximum Gasteiger partial charge on any atom is 0.339 e. The number of fused-ring (bicyclic) bond motifs is 1. The van der Waals surface area contributed by atoms with Crippen LogP contribution in [0.15, 0.2) is 100 Å². The van der Waals surface area contributed by atoms with Crippen molar-refractivity contribution in [3.63, 3.8) is 0 Å². The number of carbonyl (C=O) groups excluding carboxylic acids is 4. The number of benzene rings is 4. The molecule has 1 aromatic heterocycles. The Bertz CT molecular complexity index is 2360. The van der Waals surface area contributed by atoms with Gasteiger partial charge in [-0.3, -0.25) is 19.2 Å². The van der Waals surface area contributed by atoms with Crippen LogP contribution in [0.2, 0.25) is 0 Å². The molecule has 1 saturated heterocycles. The standard InChI is InChI=1S/C42H38O16/c1-22(43)53-37-38(54-23(2)44)40(55-24(3)45)42(58-39(37)41(49)50-4)57-36-34(48)33-30(47)18-28(51-20-25-11-7-5-8-12-25)19-32(33)56-35(36)27-15-16-31(29(46)17-27)52-21-26-13-9-6-10-14-26/h5-19,37-40,42,46-47H,20-21H2,1-4H3/t37-,38-,39-,40+,42+/m0/s1. The molecule has 6 rings (SSSR count). The average molecular weight is 799 g/mol. The molecule has 58 heavy (non-hydrogen) atoms. The molecule has 1 aliphatic heterocycles. The number of phenols is 2. The zero-order valence-electron chi connectivity index (χ0n) is 31.6. The van der Waals surface area contributed by atoms with Gasteiger partial charge in [0, 0.05) is 38.5 Å². The van der Waals surface area contributed by atoms with Crippen molar-refractivity contribution in [1.29, 1.82) is 0 Å². The Hall–Kier alpha value is -7.07. The van der Waals surface area contributed by atoms with Gasteiger partial charge in [0.2, 0.25) is 23.6 Å². The van der Waals surface area contributed by atoms with E-state index in [4.69, 9.17) is 42.3 Å². The molecule has 0 radical (unpaired) electrons. The minimum absolute atomic E-state index is 0.0485. The Morgan fingerprint density at radius 2 is 1.28 bits per heavy atom. The molecule has 5 atom stereocenters. The Morgan fingerprint density at radius 1 is 0.690 bits per heavy atom. The highest BCUT2D eigenvalue weighted by atomic mass is 16.7. The van der Waals surface area contributed by atoms with E-state index in [2.05, 4.69) is 0 Å². The predicted molar refractivity (Wildman–Crippen MR) is 201 cm³/mol. The molecule has 2 heterocycles. The van der Waals surface area contributed by atoms with Gasteiger partial charge in [-0.2, -0.15) is 0 Å². The van der Waals surface area contributed by atoms with Crippen LogP contribution in [0.4, 0.5) is 0 Å². The molecule has 0 bridgehead atoms. The highest BCUT2D eigenvalue weighted by Gasteiger charge is 2.56. The highest BCUT2D eigenvalue weighted by molar-refractivity contribution is 5.88. The number of ether oxygens (including phenoxy) is 8. The third-order valence-electron chi connectivity index (χ3n) is 8.68. The molecule has 0 saturated carbocycles. The summed E-state index contributed by atoms with van der Waals surface area (Å²) in [6.45, 7) is 3.29. The van der Waals surface area contributed by atoms with Crippen LogP contribution in [0.1, 0.15) is 31.9 Å². The van der Waals surface area contributed by atoms with E-state index in [0.29, 0.717) is 0 Å². The van der Waals surface area contributed by atoms with Crippen LogP contribution in [0.3, 0.4) is 0 Å². The largest absolute Gasteiger partial charge is 0.507 e. The van der Waals surface area contributed by atoms with E-state index in [9.17, 15) is 34.2 Å². The van der Waals surface area contributed by atoms with Crippen LogP contribution in [-0.4, -0.2) is 71.9 Å². The van der Waals surface area contributed by atoms with E-state index in [1.54, 1.807) is 0 Å². The first-order valence-electron chi connectivity index (χ1n) is 17.7. The van der Waals surface area contributed by atoms with Crippen LogP contribution >= 0.6 is 0 Å². The minimum atomic E-state index is -1.97. The van der Waals surface area contributed by atoms with Gasteiger partial charge in [0.25, 0.3) is 0 Å². The van der Waals surface area contributed by atoms with Crippen molar-refractivity contribution in [3.05, 3.63) is 112 Å². The van der Waals surface area contributed by atoms with Crippen LogP contribution in [0, 0.1) is 0 Å². The number of methoxy groups -OCH3 is 1. The maximum atomic E-state index is 14.5. The first kappa shape index (κ1) is 40.6. The van der Waals surface area contributed by atoms with Crippen LogP contribution < -0.4 is 19.6 Å². The lowest BCUT2D eigenvalue weighted by Crippen LogP contribution is -2.64. The quantitative estimate of drug-likeness (QED) is 0.117. The summed E-state index contributed by atoms with van der Waals surface area (Å²) in [6.07, 6.45) is -9.08. The molecular formula is C42H38O16. The maximum absolute atomic E-state index is 14.5. The van der Waals surface area contributed by atoms with Crippen molar-refractivity contribution in [2.45, 2.75) is 64.7 Å². The van der Waals surface area contributed by atoms with Crippen molar-refractivity contribution in [2.75, 3.05) is 7.11 Å². The lowest BCUT2D eigenvalue weighted by Gasteiger charge is -2.43. The topological polar surface area (TPSA) is 213 Å². The number of esters is 4. The van der Waals surface area contributed by atoms with Gasteiger partial charge in [-0.15, -0.1) is 0 Å². The van der Waals surface area contributed by atoms with Gasteiger partial charge in [-0.1, -0.05) is 60.7 Å². The SMILES string of the molecule is COC(=O)[C@H]1O[C@@H](Oc2c(-c3ccc(OCc4ccccc4)c(O)c3)oc3cc(OCc4ccccc4)cc(O)c3c2=O)[C@H](OC(C)=O)[C@@H](OC(C)=O)[C@@H]1OC(C)=O. The lowest BCUT2D eigenvalue weighted by atomic mass is 9.97. The second-order valence-corrected chi connectivity index (χ2v) is 12.9. The fraction of sp³-hybridized carbons (Fsp3) is 0.262. The van der Waals surface area contributed by atoms with Crippen LogP contribution in [0.25, 0.3) is 22.3 Å². The highest BCUT2D eigenvalue weighted by Crippen LogP contribution is 2.41. The molecule has 0 unspecified atom stereocenters. The monoisotopic (exact) mass is 798 g/mol. The predicted octanol–water partition coefficient (Wildman–Crippen LogP) is 5.10. The Labute approximate surface area is 330 Å². The van der Waals surface area contributed by atoms with E-state index < -0.39 is 71.5 Å². The average Bonchev–Trinajstić information content (AvgIpc) is 3.19. The van der Waals surface area contributed by atoms with E-state index in [0.717, 1.165) is 39.0 Å². The van der Waals surface area contributed by atoms with Gasteiger partial charge in [0.1, 0.15) is 35.7 Å². The summed E-state index contributed by atoms with van der Waals surface area (Å²) in [6, 6.07) is 25.1. The number of hydrogen-bond acceptors (Lipinski definition) is 16. The number of aromatic hydroxyl groups is 2. The lowest BCUT2D eigenvalue weighted by molar-refractivity contribution is -0.282. The van der Waals surface area contributed by atoms with Gasteiger partial charge >= 0.3 is 23.9 Å². The van der Waals surface area contributed by atoms with Gasteiger partial charge in [0.15, 0.2) is 35.6 Å². The summed E-state index contributed by atoms with van der Waals surface area (Å²) in [5.41, 5.74) is 0.544. The van der Waals surface area contributed by atoms with Crippen LogP contribution in [-0.2, 0) is 56.1 Å². The molecule has 302 valence electrons. The fourth-order valence-corrected chi connectivity index (χ4v) is 6.19. The number of hydrogen-bond donors (Lipinski definition) is 2. The van der Waals surface area contributed by atoms with Crippen LogP contribution in [0.5, 0.6) is 28.7 Å². The fourth-order valence-electron chi connectivity index (χ4n) is 6.19. The molecule has 16 nitrogen and oxygen atoms in total. The molecule has 5 aromatic rings. The van der Waals surface area contributed by atoms with E-state index in [-0.39, 0.29) is 52.8 Å². The second kappa shape index (κ2) is 17.8. The van der Waals surface area contributed by atoms with Gasteiger partial charge < -0.3 is 52.5 Å². The third kappa shape index (κ3) is 9.30. The molecule has 1 aliphatic rings. The summed E-state index contributed by atoms with van der Waals surface area (Å²) < 4.78 is 51.1. The zero-order valence-corrected chi connectivity index (χ0v) is 31.6. The van der Waals surface area contributed by atoms with Crippen molar-refractivity contribution in [3.8, 4) is 40.1 Å². The van der Waals surface area contributed by atoms with Crippen molar-refractivity contribution < 1.29 is 71.7 Å². The first-order valence-corrected chi connectivity index (χ1v) is 17.7.